The topological polar surface area (TPSA) is 64.6 Å². The second kappa shape index (κ2) is 8.71. The maximum atomic E-state index is 11.0. The Balaban J connectivity index is 2.45. The number of aliphatic hydroxyl groups excluding tert-OH is 1. The molecule has 1 amide bonds. The van der Waals surface area contributed by atoms with Crippen LogP contribution >= 0.6 is 0 Å². The van der Waals surface area contributed by atoms with Crippen molar-refractivity contribution in [2.45, 2.75) is 46.6 Å². The molecule has 3 N–H and O–H groups in total. The van der Waals surface area contributed by atoms with E-state index in [4.69, 9.17) is 0 Å². The number of aliphatic hydroxyl groups is 1. The number of amides is 1. The Morgan fingerprint density at radius 3 is 2.62 bits per heavy atom. The lowest BCUT2D eigenvalue weighted by Gasteiger charge is -2.39. The number of hydrogen-bond acceptors (Lipinski definition) is 4. The molecule has 5 heteroatoms. The number of nitrogens with zero attached hydrogens (tertiary/aromatic N) is 1. The summed E-state index contributed by atoms with van der Waals surface area (Å²) >= 11 is 0. The fourth-order valence-corrected chi connectivity index (χ4v) is 2.87. The average molecular weight is 299 g/mol. The number of hydrogen-bond donors (Lipinski definition) is 3. The van der Waals surface area contributed by atoms with Gasteiger partial charge in [0.2, 0.25) is 5.91 Å². The smallest absolute Gasteiger partial charge is 0.216 e. The van der Waals surface area contributed by atoms with Gasteiger partial charge in [0.25, 0.3) is 0 Å². The van der Waals surface area contributed by atoms with E-state index in [1.165, 1.54) is 0 Å². The minimum Gasteiger partial charge on any atom is -0.396 e. The minimum absolute atomic E-state index is 0.0290. The lowest BCUT2D eigenvalue weighted by atomic mass is 9.90. The van der Waals surface area contributed by atoms with E-state index in [1.54, 1.807) is 6.92 Å². The fraction of sp³-hybridized carbons (Fsp3) is 0.938. The van der Waals surface area contributed by atoms with E-state index in [0.29, 0.717) is 18.5 Å². The second-order valence-corrected chi connectivity index (χ2v) is 7.50. The maximum absolute atomic E-state index is 11.0. The van der Waals surface area contributed by atoms with Crippen LogP contribution in [0.3, 0.4) is 0 Å². The Kier molecular flexibility index (Phi) is 7.63. The Morgan fingerprint density at radius 1 is 1.33 bits per heavy atom. The molecular formula is C16H33N3O2. The van der Waals surface area contributed by atoms with Gasteiger partial charge < -0.3 is 15.7 Å². The second-order valence-electron chi connectivity index (χ2n) is 7.50. The highest BCUT2D eigenvalue weighted by Crippen LogP contribution is 2.21. The molecule has 0 bridgehead atoms. The quantitative estimate of drug-likeness (QED) is 0.651. The first-order valence-electron chi connectivity index (χ1n) is 8.11. The third-order valence-electron chi connectivity index (χ3n) is 3.87. The summed E-state index contributed by atoms with van der Waals surface area (Å²) in [6, 6.07) is 0.479. The van der Waals surface area contributed by atoms with E-state index < -0.39 is 0 Å². The normalized spacial score (nSPS) is 24.0. The molecule has 0 saturated carbocycles. The molecule has 0 aliphatic carbocycles. The molecule has 1 fully saturated rings. The number of rotatable bonds is 7. The van der Waals surface area contributed by atoms with Gasteiger partial charge in [0.1, 0.15) is 0 Å². The van der Waals surface area contributed by atoms with Gasteiger partial charge in [-0.3, -0.25) is 9.69 Å². The first-order valence-corrected chi connectivity index (χ1v) is 8.11. The van der Waals surface area contributed by atoms with Crippen molar-refractivity contribution in [3.05, 3.63) is 0 Å². The van der Waals surface area contributed by atoms with Gasteiger partial charge in [0, 0.05) is 52.3 Å². The molecule has 0 aromatic heterocycles. The molecule has 2 unspecified atom stereocenters. The monoisotopic (exact) mass is 299 g/mol. The van der Waals surface area contributed by atoms with Crippen LogP contribution in [-0.2, 0) is 4.79 Å². The molecule has 0 radical (unpaired) electrons. The van der Waals surface area contributed by atoms with Crippen molar-refractivity contribution in [2.75, 3.05) is 39.3 Å². The lowest BCUT2D eigenvalue weighted by molar-refractivity contribution is -0.119. The predicted molar refractivity (Wildman–Crippen MR) is 86.2 cm³/mol. The van der Waals surface area contributed by atoms with Gasteiger partial charge in [-0.05, 0) is 24.2 Å². The summed E-state index contributed by atoms with van der Waals surface area (Å²) in [6.45, 7) is 13.2. The van der Waals surface area contributed by atoms with Gasteiger partial charge in [-0.2, -0.15) is 0 Å². The van der Waals surface area contributed by atoms with E-state index >= 15 is 0 Å². The van der Waals surface area contributed by atoms with Crippen molar-refractivity contribution in [3.63, 3.8) is 0 Å². The zero-order valence-electron chi connectivity index (χ0n) is 14.1. The van der Waals surface area contributed by atoms with E-state index in [2.05, 4.69) is 36.3 Å². The van der Waals surface area contributed by atoms with Crippen molar-refractivity contribution < 1.29 is 9.90 Å². The molecule has 124 valence electrons. The third kappa shape index (κ3) is 8.39. The van der Waals surface area contributed by atoms with Crippen molar-refractivity contribution in [3.8, 4) is 0 Å². The highest BCUT2D eigenvalue weighted by Gasteiger charge is 2.27. The van der Waals surface area contributed by atoms with Gasteiger partial charge >= 0.3 is 0 Å². The molecule has 1 aliphatic heterocycles. The maximum Gasteiger partial charge on any atom is 0.216 e. The number of piperidine rings is 1. The Bertz CT molecular complexity index is 315. The zero-order chi connectivity index (χ0) is 15.9. The van der Waals surface area contributed by atoms with Crippen molar-refractivity contribution in [1.82, 2.24) is 15.5 Å². The summed E-state index contributed by atoms with van der Waals surface area (Å²) in [6.07, 6.45) is 2.00. The van der Waals surface area contributed by atoms with Crippen LogP contribution in [-0.4, -0.2) is 61.3 Å². The summed E-state index contributed by atoms with van der Waals surface area (Å²) < 4.78 is 0. The summed E-state index contributed by atoms with van der Waals surface area (Å²) in [5, 5.41) is 15.7. The van der Waals surface area contributed by atoms with Crippen LogP contribution in [0.1, 0.15) is 40.5 Å². The molecule has 1 aliphatic rings. The van der Waals surface area contributed by atoms with Gasteiger partial charge in [-0.15, -0.1) is 0 Å². The highest BCUT2D eigenvalue weighted by atomic mass is 16.3. The van der Waals surface area contributed by atoms with Crippen molar-refractivity contribution >= 4 is 5.91 Å². The van der Waals surface area contributed by atoms with E-state index in [0.717, 1.165) is 39.0 Å². The molecular weight excluding hydrogens is 266 g/mol. The molecule has 1 rings (SSSR count). The highest BCUT2D eigenvalue weighted by molar-refractivity contribution is 5.72. The zero-order valence-corrected chi connectivity index (χ0v) is 14.1. The van der Waals surface area contributed by atoms with Crippen LogP contribution in [0.2, 0.25) is 0 Å². The molecule has 1 heterocycles. The summed E-state index contributed by atoms with van der Waals surface area (Å²) in [5.74, 6) is 0.569. The van der Waals surface area contributed by atoms with Crippen LogP contribution in [0.5, 0.6) is 0 Å². The summed E-state index contributed by atoms with van der Waals surface area (Å²) in [7, 11) is 0. The number of carbonyl (C=O) groups excluding carboxylic acids is 1. The van der Waals surface area contributed by atoms with Crippen molar-refractivity contribution in [2.24, 2.45) is 11.3 Å². The SMILES string of the molecule is CC(=O)NCCN1CC(CCO)CC(NCC(C)(C)C)C1. The van der Waals surface area contributed by atoms with E-state index in [1.807, 2.05) is 0 Å². The predicted octanol–water partition coefficient (Wildman–Crippen LogP) is 0.831. The first-order chi connectivity index (χ1) is 9.80. The van der Waals surface area contributed by atoms with Gasteiger partial charge in [-0.25, -0.2) is 0 Å². The Morgan fingerprint density at radius 2 is 2.05 bits per heavy atom. The van der Waals surface area contributed by atoms with Crippen LogP contribution in [0.4, 0.5) is 0 Å². The fourth-order valence-electron chi connectivity index (χ4n) is 2.87. The van der Waals surface area contributed by atoms with Gasteiger partial charge in [0.05, 0.1) is 0 Å². The third-order valence-corrected chi connectivity index (χ3v) is 3.87. The minimum atomic E-state index is 0.0290. The van der Waals surface area contributed by atoms with Crippen LogP contribution in [0.25, 0.3) is 0 Å². The molecule has 1 saturated heterocycles. The standard InChI is InChI=1S/C16H33N3O2/c1-13(21)17-6-7-19-10-14(5-8-20)9-15(11-19)18-12-16(2,3)4/h14-15,18,20H,5-12H2,1-4H3,(H,17,21). The molecule has 5 nitrogen and oxygen atoms in total. The van der Waals surface area contributed by atoms with Crippen LogP contribution in [0.15, 0.2) is 0 Å². The van der Waals surface area contributed by atoms with Gasteiger partial charge in [-0.1, -0.05) is 20.8 Å². The van der Waals surface area contributed by atoms with Crippen molar-refractivity contribution in [1.29, 1.82) is 0 Å². The summed E-state index contributed by atoms with van der Waals surface area (Å²) in [4.78, 5) is 13.4. The molecule has 21 heavy (non-hydrogen) atoms. The van der Waals surface area contributed by atoms with Gasteiger partial charge in [0.15, 0.2) is 0 Å². The largest absolute Gasteiger partial charge is 0.396 e. The molecule has 0 aromatic carbocycles. The lowest BCUT2D eigenvalue weighted by Crippen LogP contribution is -2.52. The number of nitrogens with one attached hydrogen (secondary N) is 2. The summed E-state index contributed by atoms with van der Waals surface area (Å²) in [5.41, 5.74) is 0.283. The number of likely N-dealkylation sites (tertiary alicyclic amines) is 1. The Labute approximate surface area is 129 Å². The average Bonchev–Trinajstić information content (AvgIpc) is 2.35. The number of carbonyl (C=O) groups is 1. The Hall–Kier alpha value is -0.650. The molecule has 2 atom stereocenters. The first kappa shape index (κ1) is 18.4. The van der Waals surface area contributed by atoms with E-state index in [9.17, 15) is 9.90 Å². The van der Waals surface area contributed by atoms with Crippen LogP contribution < -0.4 is 10.6 Å². The van der Waals surface area contributed by atoms with E-state index in [-0.39, 0.29) is 17.9 Å². The molecule has 0 spiro atoms. The molecule has 0 aromatic rings. The van der Waals surface area contributed by atoms with Crippen LogP contribution in [0, 0.1) is 11.3 Å².